The summed E-state index contributed by atoms with van der Waals surface area (Å²) in [6.07, 6.45) is 0. The normalized spacial score (nSPS) is 13.6. The van der Waals surface area contributed by atoms with Crippen molar-refractivity contribution in [3.05, 3.63) is 96.1 Å². The van der Waals surface area contributed by atoms with Crippen LogP contribution in [0.4, 0.5) is 0 Å². The summed E-state index contributed by atoms with van der Waals surface area (Å²) in [5.74, 6) is -4.12. The minimum Gasteiger partial charge on any atom is -0.508 e. The smallest absolute Gasteiger partial charge is 0.295 e. The molecule has 0 aromatic heterocycles. The number of aliphatic hydroxyl groups is 2. The van der Waals surface area contributed by atoms with Gasteiger partial charge in [0.05, 0.1) is 0 Å². The highest BCUT2D eigenvalue weighted by atomic mass is 16.5. The van der Waals surface area contributed by atoms with E-state index in [0.29, 0.717) is 11.5 Å². The molecular formula is C21H18O6. The molecule has 0 amide bonds. The summed E-state index contributed by atoms with van der Waals surface area (Å²) in [6, 6.07) is 23.3. The Bertz CT molecular complexity index is 830. The fourth-order valence-electron chi connectivity index (χ4n) is 2.21. The highest BCUT2D eigenvalue weighted by molar-refractivity contribution is 6.30. The number of hydrogen-bond donors (Lipinski definition) is 4. The van der Waals surface area contributed by atoms with Crippen molar-refractivity contribution in [3.8, 4) is 11.5 Å². The van der Waals surface area contributed by atoms with Gasteiger partial charge in [0.15, 0.2) is 0 Å². The standard InChI is InChI=1S/C9H6O4.2C6H6O/c10-7-5-3-1-2-4-6(5)8(11)9(7,12)13;2*7-6-4-2-1-3-5-6/h1-4,12-13H;2*1-5,7H. The molecule has 0 bridgehead atoms. The summed E-state index contributed by atoms with van der Waals surface area (Å²) in [7, 11) is 0. The van der Waals surface area contributed by atoms with Crippen LogP contribution in [0.15, 0.2) is 84.9 Å². The van der Waals surface area contributed by atoms with Gasteiger partial charge < -0.3 is 20.4 Å². The van der Waals surface area contributed by atoms with E-state index in [2.05, 4.69) is 0 Å². The van der Waals surface area contributed by atoms with Crippen molar-refractivity contribution in [2.75, 3.05) is 0 Å². The number of carbonyl (C=O) groups is 2. The van der Waals surface area contributed by atoms with Crippen LogP contribution in [0.2, 0.25) is 0 Å². The summed E-state index contributed by atoms with van der Waals surface area (Å²) in [5, 5.41) is 35.5. The van der Waals surface area contributed by atoms with Crippen LogP contribution in [0.1, 0.15) is 20.7 Å². The number of para-hydroxylation sites is 2. The minimum atomic E-state index is -2.86. The number of rotatable bonds is 0. The maximum Gasteiger partial charge on any atom is 0.295 e. The summed E-state index contributed by atoms with van der Waals surface area (Å²) in [6.45, 7) is 0. The molecule has 0 atom stereocenters. The molecule has 6 nitrogen and oxygen atoms in total. The van der Waals surface area contributed by atoms with Gasteiger partial charge in [0.25, 0.3) is 5.79 Å². The number of ketones is 2. The predicted molar refractivity (Wildman–Crippen MR) is 98.5 cm³/mol. The zero-order valence-electron chi connectivity index (χ0n) is 14.2. The lowest BCUT2D eigenvalue weighted by molar-refractivity contribution is -0.0857. The molecule has 0 radical (unpaired) electrons. The topological polar surface area (TPSA) is 115 Å². The number of fused-ring (bicyclic) bond motifs is 1. The lowest BCUT2D eigenvalue weighted by Gasteiger charge is -2.08. The van der Waals surface area contributed by atoms with E-state index in [1.807, 2.05) is 12.1 Å². The van der Waals surface area contributed by atoms with E-state index in [1.165, 1.54) is 12.1 Å². The third-order valence-electron chi connectivity index (χ3n) is 3.56. The van der Waals surface area contributed by atoms with Crippen LogP contribution < -0.4 is 0 Å². The molecule has 0 spiro atoms. The average molecular weight is 366 g/mol. The van der Waals surface area contributed by atoms with Crippen molar-refractivity contribution in [2.45, 2.75) is 5.79 Å². The van der Waals surface area contributed by atoms with Crippen molar-refractivity contribution in [1.29, 1.82) is 0 Å². The van der Waals surface area contributed by atoms with Crippen LogP contribution in [0.3, 0.4) is 0 Å². The van der Waals surface area contributed by atoms with Gasteiger partial charge in [-0.05, 0) is 24.3 Å². The number of phenolic OH excluding ortho intramolecular Hbond substituents is 2. The molecule has 0 unspecified atom stereocenters. The van der Waals surface area contributed by atoms with E-state index in [1.54, 1.807) is 60.7 Å². The fourth-order valence-corrected chi connectivity index (χ4v) is 2.21. The maximum atomic E-state index is 11.2. The molecule has 138 valence electrons. The Balaban J connectivity index is 0.000000159. The second-order valence-corrected chi connectivity index (χ2v) is 5.55. The third-order valence-corrected chi connectivity index (χ3v) is 3.56. The molecule has 27 heavy (non-hydrogen) atoms. The van der Waals surface area contributed by atoms with E-state index in [4.69, 9.17) is 20.4 Å². The van der Waals surface area contributed by atoms with Crippen LogP contribution in [0.25, 0.3) is 0 Å². The molecule has 0 heterocycles. The Labute approximate surface area is 155 Å². The van der Waals surface area contributed by atoms with Gasteiger partial charge in [-0.15, -0.1) is 0 Å². The molecule has 6 heteroatoms. The monoisotopic (exact) mass is 366 g/mol. The van der Waals surface area contributed by atoms with Gasteiger partial charge in [-0.3, -0.25) is 9.59 Å². The van der Waals surface area contributed by atoms with Crippen molar-refractivity contribution in [1.82, 2.24) is 0 Å². The lowest BCUT2D eigenvalue weighted by atomic mass is 10.1. The number of Topliss-reactive ketones (excluding diaryl/α,β-unsaturated/α-hetero) is 2. The minimum absolute atomic E-state index is 0.0671. The first-order valence-corrected chi connectivity index (χ1v) is 7.95. The molecular weight excluding hydrogens is 348 g/mol. The summed E-state index contributed by atoms with van der Waals surface area (Å²) >= 11 is 0. The molecule has 1 aliphatic carbocycles. The van der Waals surface area contributed by atoms with E-state index in [9.17, 15) is 9.59 Å². The Morgan fingerprint density at radius 3 is 1.07 bits per heavy atom. The first-order chi connectivity index (χ1) is 12.8. The van der Waals surface area contributed by atoms with Crippen LogP contribution in [-0.2, 0) is 0 Å². The SMILES string of the molecule is O=C1c2ccccc2C(=O)C1(O)O.Oc1ccccc1.Oc1ccccc1. The number of benzene rings is 3. The Kier molecular flexibility index (Phi) is 6.43. The lowest BCUT2D eigenvalue weighted by Crippen LogP contribution is -2.40. The van der Waals surface area contributed by atoms with Crippen molar-refractivity contribution in [3.63, 3.8) is 0 Å². The zero-order valence-corrected chi connectivity index (χ0v) is 14.2. The van der Waals surface area contributed by atoms with Crippen molar-refractivity contribution in [2.24, 2.45) is 0 Å². The van der Waals surface area contributed by atoms with Crippen LogP contribution >= 0.6 is 0 Å². The van der Waals surface area contributed by atoms with Crippen molar-refractivity contribution < 1.29 is 30.0 Å². The highest BCUT2D eigenvalue weighted by Crippen LogP contribution is 2.27. The summed E-state index contributed by atoms with van der Waals surface area (Å²) in [4.78, 5) is 22.4. The van der Waals surface area contributed by atoms with Gasteiger partial charge in [0, 0.05) is 11.1 Å². The van der Waals surface area contributed by atoms with E-state index >= 15 is 0 Å². The molecule has 0 aliphatic heterocycles. The van der Waals surface area contributed by atoms with Gasteiger partial charge in [-0.2, -0.15) is 0 Å². The first kappa shape index (κ1) is 19.8. The van der Waals surface area contributed by atoms with Crippen molar-refractivity contribution >= 4 is 11.6 Å². The van der Waals surface area contributed by atoms with Gasteiger partial charge in [0.2, 0.25) is 11.6 Å². The van der Waals surface area contributed by atoms with E-state index in [0.717, 1.165) is 0 Å². The fraction of sp³-hybridized carbons (Fsp3) is 0.0476. The van der Waals surface area contributed by atoms with Gasteiger partial charge >= 0.3 is 0 Å². The molecule has 3 aromatic rings. The van der Waals surface area contributed by atoms with Crippen LogP contribution in [-0.4, -0.2) is 37.8 Å². The largest absolute Gasteiger partial charge is 0.508 e. The quantitative estimate of drug-likeness (QED) is 0.359. The Morgan fingerprint density at radius 2 is 0.815 bits per heavy atom. The van der Waals surface area contributed by atoms with Crippen LogP contribution in [0, 0.1) is 0 Å². The average Bonchev–Trinajstić information content (AvgIpc) is 2.85. The van der Waals surface area contributed by atoms with Crippen LogP contribution in [0.5, 0.6) is 11.5 Å². The number of aromatic hydroxyl groups is 2. The van der Waals surface area contributed by atoms with Gasteiger partial charge in [-0.25, -0.2) is 0 Å². The number of phenols is 2. The maximum absolute atomic E-state index is 11.2. The second kappa shape index (κ2) is 8.75. The molecule has 0 saturated heterocycles. The van der Waals surface area contributed by atoms with Gasteiger partial charge in [0.1, 0.15) is 11.5 Å². The summed E-state index contributed by atoms with van der Waals surface area (Å²) in [5.41, 5.74) is 0.134. The molecule has 4 N–H and O–H groups in total. The van der Waals surface area contributed by atoms with E-state index < -0.39 is 17.4 Å². The molecule has 3 aromatic carbocycles. The van der Waals surface area contributed by atoms with Gasteiger partial charge in [-0.1, -0.05) is 60.7 Å². The number of hydrogen-bond acceptors (Lipinski definition) is 6. The molecule has 1 aliphatic rings. The highest BCUT2D eigenvalue weighted by Gasteiger charge is 2.50. The zero-order chi connectivity index (χ0) is 19.9. The first-order valence-electron chi connectivity index (χ1n) is 7.95. The molecule has 0 fully saturated rings. The molecule has 0 saturated carbocycles. The summed E-state index contributed by atoms with van der Waals surface area (Å²) < 4.78 is 0. The Hall–Kier alpha value is -3.48. The van der Waals surface area contributed by atoms with E-state index in [-0.39, 0.29) is 11.1 Å². The second-order valence-electron chi connectivity index (χ2n) is 5.55. The third kappa shape index (κ3) is 5.01. The number of carbonyl (C=O) groups excluding carboxylic acids is 2. The predicted octanol–water partition coefficient (Wildman–Crippen LogP) is 2.53. The molecule has 4 rings (SSSR count). The Morgan fingerprint density at radius 1 is 0.519 bits per heavy atom.